The van der Waals surface area contributed by atoms with Crippen LogP contribution in [0.5, 0.6) is 0 Å². The van der Waals surface area contributed by atoms with Crippen molar-refractivity contribution in [3.63, 3.8) is 0 Å². The summed E-state index contributed by atoms with van der Waals surface area (Å²) in [6.07, 6.45) is 8.69. The van der Waals surface area contributed by atoms with Crippen LogP contribution in [0.2, 0.25) is 0 Å². The number of hydrogen-bond donors (Lipinski definition) is 1. The predicted molar refractivity (Wildman–Crippen MR) is 134 cm³/mol. The van der Waals surface area contributed by atoms with Crippen molar-refractivity contribution in [1.29, 1.82) is 0 Å². The van der Waals surface area contributed by atoms with Gasteiger partial charge in [0, 0.05) is 31.9 Å². The molecule has 6 heteroatoms. The van der Waals surface area contributed by atoms with Gasteiger partial charge >= 0.3 is 0 Å². The van der Waals surface area contributed by atoms with E-state index in [-0.39, 0.29) is 29.5 Å². The molecule has 4 rings (SSSR count). The summed E-state index contributed by atoms with van der Waals surface area (Å²) in [7, 11) is 0. The highest BCUT2D eigenvalue weighted by atomic mass is 127. The van der Waals surface area contributed by atoms with Crippen LogP contribution in [-0.4, -0.2) is 35.1 Å². The molecule has 0 bridgehead atoms. The quantitative estimate of drug-likeness (QED) is 0.365. The first kappa shape index (κ1) is 22.8. The summed E-state index contributed by atoms with van der Waals surface area (Å²) in [4.78, 5) is 19.3. The average molecular weight is 520 g/mol. The molecule has 1 spiro atoms. The minimum Gasteiger partial charge on any atom is -0.357 e. The number of aliphatic imine (C=N–C) groups is 1. The van der Waals surface area contributed by atoms with Crippen molar-refractivity contribution in [2.75, 3.05) is 19.6 Å². The van der Waals surface area contributed by atoms with Gasteiger partial charge < -0.3 is 14.8 Å². The molecule has 2 aliphatic rings. The third kappa shape index (κ3) is 5.45. The zero-order chi connectivity index (χ0) is 20.1. The molecule has 0 amide bonds. The molecule has 30 heavy (non-hydrogen) atoms. The molecule has 0 unspecified atom stereocenters. The topological polar surface area (TPSA) is 49.6 Å². The molecular formula is C24H33IN4O. The molecule has 1 aromatic carbocycles. The van der Waals surface area contributed by atoms with E-state index in [1.165, 1.54) is 37.7 Å². The van der Waals surface area contributed by atoms with Gasteiger partial charge in [0.25, 0.3) is 5.56 Å². The van der Waals surface area contributed by atoms with Crippen molar-refractivity contribution in [3.05, 3.63) is 70.1 Å². The normalized spacial score (nSPS) is 17.9. The summed E-state index contributed by atoms with van der Waals surface area (Å²) >= 11 is 0. The van der Waals surface area contributed by atoms with Crippen LogP contribution in [0.15, 0.2) is 58.4 Å². The molecule has 2 aromatic rings. The van der Waals surface area contributed by atoms with Crippen molar-refractivity contribution in [1.82, 2.24) is 14.8 Å². The molecule has 1 N–H and O–H groups in total. The SMILES string of the molecule is CCNC(=NCc1ccc(Cn2ccccc2=O)cc1)N1CCC2(CCCC2)C1.I. The van der Waals surface area contributed by atoms with E-state index in [9.17, 15) is 4.79 Å². The van der Waals surface area contributed by atoms with E-state index < -0.39 is 0 Å². The Morgan fingerprint density at radius 2 is 1.80 bits per heavy atom. The van der Waals surface area contributed by atoms with Crippen LogP contribution in [0.3, 0.4) is 0 Å². The highest BCUT2D eigenvalue weighted by Gasteiger charge is 2.41. The molecule has 1 aromatic heterocycles. The zero-order valence-corrected chi connectivity index (χ0v) is 20.2. The van der Waals surface area contributed by atoms with E-state index in [4.69, 9.17) is 4.99 Å². The minimum absolute atomic E-state index is 0. The highest BCUT2D eigenvalue weighted by molar-refractivity contribution is 14.0. The van der Waals surface area contributed by atoms with Gasteiger partial charge in [-0.1, -0.05) is 43.2 Å². The molecular weight excluding hydrogens is 487 g/mol. The molecule has 5 nitrogen and oxygen atoms in total. The van der Waals surface area contributed by atoms with Crippen molar-refractivity contribution in [2.45, 2.75) is 52.1 Å². The van der Waals surface area contributed by atoms with Gasteiger partial charge in [0.15, 0.2) is 5.96 Å². The molecule has 1 saturated heterocycles. The Morgan fingerprint density at radius 1 is 1.07 bits per heavy atom. The third-order valence-electron chi connectivity index (χ3n) is 6.42. The first-order valence-electron chi connectivity index (χ1n) is 10.9. The van der Waals surface area contributed by atoms with Crippen LogP contribution >= 0.6 is 24.0 Å². The second kappa shape index (κ2) is 10.5. The molecule has 2 heterocycles. The van der Waals surface area contributed by atoms with Gasteiger partial charge in [-0.05, 0) is 48.8 Å². The Balaban J connectivity index is 0.00000256. The van der Waals surface area contributed by atoms with Crippen LogP contribution < -0.4 is 10.9 Å². The highest BCUT2D eigenvalue weighted by Crippen LogP contribution is 2.45. The number of halogens is 1. The first-order valence-corrected chi connectivity index (χ1v) is 10.9. The van der Waals surface area contributed by atoms with Crippen LogP contribution in [-0.2, 0) is 13.1 Å². The summed E-state index contributed by atoms with van der Waals surface area (Å²) in [5, 5.41) is 3.49. The summed E-state index contributed by atoms with van der Waals surface area (Å²) in [6, 6.07) is 13.7. The number of benzene rings is 1. The number of pyridine rings is 1. The number of rotatable bonds is 5. The molecule has 0 atom stereocenters. The van der Waals surface area contributed by atoms with Gasteiger partial charge in [-0.2, -0.15) is 0 Å². The number of likely N-dealkylation sites (tertiary alicyclic amines) is 1. The Bertz CT molecular complexity index is 900. The number of nitrogens with zero attached hydrogens (tertiary/aromatic N) is 3. The summed E-state index contributed by atoms with van der Waals surface area (Å²) in [5.41, 5.74) is 2.90. The van der Waals surface area contributed by atoms with Gasteiger partial charge in [0.2, 0.25) is 0 Å². The first-order chi connectivity index (χ1) is 14.2. The number of hydrogen-bond acceptors (Lipinski definition) is 2. The van der Waals surface area contributed by atoms with Gasteiger partial charge in [0.1, 0.15) is 0 Å². The molecule has 0 radical (unpaired) electrons. The Hall–Kier alpha value is -1.83. The monoisotopic (exact) mass is 520 g/mol. The van der Waals surface area contributed by atoms with Crippen molar-refractivity contribution < 1.29 is 0 Å². The lowest BCUT2D eigenvalue weighted by atomic mass is 9.86. The van der Waals surface area contributed by atoms with Crippen LogP contribution in [0.4, 0.5) is 0 Å². The maximum absolute atomic E-state index is 11.9. The Labute approximate surface area is 196 Å². The fourth-order valence-electron chi connectivity index (χ4n) is 4.78. The Morgan fingerprint density at radius 3 is 2.50 bits per heavy atom. The molecule has 1 saturated carbocycles. The smallest absolute Gasteiger partial charge is 0.250 e. The lowest BCUT2D eigenvalue weighted by Crippen LogP contribution is -2.41. The second-order valence-corrected chi connectivity index (χ2v) is 8.53. The molecule has 1 aliphatic heterocycles. The van der Waals surface area contributed by atoms with E-state index in [1.54, 1.807) is 16.7 Å². The maximum atomic E-state index is 11.9. The number of guanidine groups is 1. The van der Waals surface area contributed by atoms with Crippen molar-refractivity contribution in [2.24, 2.45) is 10.4 Å². The summed E-state index contributed by atoms with van der Waals surface area (Å²) < 4.78 is 1.72. The lowest BCUT2D eigenvalue weighted by Gasteiger charge is -2.26. The van der Waals surface area contributed by atoms with E-state index in [2.05, 4.69) is 41.4 Å². The lowest BCUT2D eigenvalue weighted by molar-refractivity contribution is 0.309. The van der Waals surface area contributed by atoms with Crippen molar-refractivity contribution >= 4 is 29.9 Å². The zero-order valence-electron chi connectivity index (χ0n) is 17.8. The predicted octanol–water partition coefficient (Wildman–Crippen LogP) is 4.25. The maximum Gasteiger partial charge on any atom is 0.250 e. The van der Waals surface area contributed by atoms with E-state index >= 15 is 0 Å². The van der Waals surface area contributed by atoms with Crippen molar-refractivity contribution in [3.8, 4) is 0 Å². The largest absolute Gasteiger partial charge is 0.357 e. The fourth-order valence-corrected chi connectivity index (χ4v) is 4.78. The van der Waals surface area contributed by atoms with Gasteiger partial charge in [0.05, 0.1) is 13.1 Å². The van der Waals surface area contributed by atoms with Crippen LogP contribution in [0, 0.1) is 5.41 Å². The molecule has 2 fully saturated rings. The summed E-state index contributed by atoms with van der Waals surface area (Å²) in [6.45, 7) is 6.59. The van der Waals surface area contributed by atoms with Crippen LogP contribution in [0.25, 0.3) is 0 Å². The standard InChI is InChI=1S/C24H32N4O.HI/c1-2-25-23(28-16-14-24(19-28)12-4-5-13-24)26-17-20-8-10-21(11-9-20)18-27-15-6-3-7-22(27)29;/h3,6-11,15H,2,4-5,12-14,16-19H2,1H3,(H,25,26);1H. The average Bonchev–Trinajstić information content (AvgIpc) is 3.38. The molecule has 1 aliphatic carbocycles. The van der Waals surface area contributed by atoms with Crippen LogP contribution in [0.1, 0.15) is 50.2 Å². The number of nitrogens with one attached hydrogen (secondary N) is 1. The van der Waals surface area contributed by atoms with E-state index in [1.807, 2.05) is 12.3 Å². The third-order valence-corrected chi connectivity index (χ3v) is 6.42. The van der Waals surface area contributed by atoms with E-state index in [0.29, 0.717) is 18.5 Å². The van der Waals surface area contributed by atoms with Gasteiger partial charge in [-0.3, -0.25) is 4.79 Å². The van der Waals surface area contributed by atoms with E-state index in [0.717, 1.165) is 31.2 Å². The fraction of sp³-hybridized carbons (Fsp3) is 0.500. The minimum atomic E-state index is 0. The second-order valence-electron chi connectivity index (χ2n) is 8.53. The number of aromatic nitrogens is 1. The van der Waals surface area contributed by atoms with Gasteiger partial charge in [-0.25, -0.2) is 4.99 Å². The Kier molecular flexibility index (Phi) is 7.97. The van der Waals surface area contributed by atoms with Gasteiger partial charge in [-0.15, -0.1) is 24.0 Å². The summed E-state index contributed by atoms with van der Waals surface area (Å²) in [5.74, 6) is 1.05. The molecule has 162 valence electrons.